The molecule has 0 aromatic heterocycles. The van der Waals surface area contributed by atoms with E-state index in [1.165, 1.54) is 57.8 Å². The number of aryl methyl sites for hydroxylation is 1. The van der Waals surface area contributed by atoms with Crippen LogP contribution in [0.3, 0.4) is 0 Å². The first kappa shape index (κ1) is 30.6. The molecule has 5 heteroatoms. The number of rotatable bonds is 13. The summed E-state index contributed by atoms with van der Waals surface area (Å²) >= 11 is 0. The molecule has 0 aliphatic heterocycles. The van der Waals surface area contributed by atoms with Crippen LogP contribution in [0.1, 0.15) is 96.5 Å². The van der Waals surface area contributed by atoms with Crippen molar-refractivity contribution in [2.75, 3.05) is 0 Å². The summed E-state index contributed by atoms with van der Waals surface area (Å²) in [5.74, 6) is 0. The predicted octanol–water partition coefficient (Wildman–Crippen LogP) is 5.17. The van der Waals surface area contributed by atoms with Crippen LogP contribution in [0.15, 0.2) is 41.3 Å². The van der Waals surface area contributed by atoms with Gasteiger partial charge in [-0.3, -0.25) is 4.55 Å². The SMILES string of the molecule is CCCCc1ccc2ccccc2c1S(=O)(=O)O.[CH2-]CCCCCCCCCCC.[Na+]. The first-order valence-corrected chi connectivity index (χ1v) is 13.2. The van der Waals surface area contributed by atoms with Gasteiger partial charge in [-0.05, 0) is 23.8 Å². The summed E-state index contributed by atoms with van der Waals surface area (Å²) in [6.45, 7) is 8.17. The molecule has 31 heavy (non-hydrogen) atoms. The summed E-state index contributed by atoms with van der Waals surface area (Å²) in [6.07, 6.45) is 16.4. The van der Waals surface area contributed by atoms with Crippen molar-refractivity contribution >= 4 is 20.9 Å². The van der Waals surface area contributed by atoms with Gasteiger partial charge in [0.1, 0.15) is 4.90 Å². The third-order valence-corrected chi connectivity index (χ3v) is 6.37. The van der Waals surface area contributed by atoms with Crippen molar-refractivity contribution in [2.45, 2.75) is 102 Å². The van der Waals surface area contributed by atoms with Crippen molar-refractivity contribution < 1.29 is 42.5 Å². The average Bonchev–Trinajstić information content (AvgIpc) is 2.73. The van der Waals surface area contributed by atoms with Crippen LogP contribution >= 0.6 is 0 Å². The summed E-state index contributed by atoms with van der Waals surface area (Å²) in [5.41, 5.74) is 0.693. The summed E-state index contributed by atoms with van der Waals surface area (Å²) < 4.78 is 32.6. The maximum absolute atomic E-state index is 11.6. The van der Waals surface area contributed by atoms with Crippen LogP contribution in [0.5, 0.6) is 0 Å². The molecule has 0 fully saturated rings. The molecular weight excluding hydrogens is 415 g/mol. The van der Waals surface area contributed by atoms with Crippen molar-refractivity contribution in [3.8, 4) is 0 Å². The van der Waals surface area contributed by atoms with Gasteiger partial charge in [-0.15, -0.1) is 0 Å². The van der Waals surface area contributed by atoms with Gasteiger partial charge in [0.15, 0.2) is 0 Å². The Morgan fingerprint density at radius 1 is 0.774 bits per heavy atom. The van der Waals surface area contributed by atoms with E-state index in [1.807, 2.05) is 25.1 Å². The Hall–Kier alpha value is -0.390. The van der Waals surface area contributed by atoms with E-state index in [4.69, 9.17) is 0 Å². The molecule has 0 spiro atoms. The minimum absolute atomic E-state index is 0. The summed E-state index contributed by atoms with van der Waals surface area (Å²) in [5, 5.41) is 1.42. The Balaban J connectivity index is 0.000000612. The second-order valence-electron chi connectivity index (χ2n) is 8.04. The monoisotopic (exact) mass is 456 g/mol. The molecule has 0 saturated heterocycles. The van der Waals surface area contributed by atoms with Gasteiger partial charge >= 0.3 is 29.6 Å². The van der Waals surface area contributed by atoms with Crippen LogP contribution in [0, 0.1) is 6.92 Å². The second-order valence-corrected chi connectivity index (χ2v) is 9.39. The Morgan fingerprint density at radius 2 is 1.32 bits per heavy atom. The standard InChI is InChI=1S/C14H16O3S.C12H25.Na/c1-2-3-6-12-10-9-11-7-4-5-8-13(11)14(12)18(15,16)17;1-3-5-7-9-11-12-10-8-6-4-2;/h4-5,7-10H,2-3,6H2,1H3,(H,15,16,17);1,3-12H2,2H3;/q;-1;+1. The quantitative estimate of drug-likeness (QED) is 0.196. The van der Waals surface area contributed by atoms with Crippen molar-refractivity contribution in [1.29, 1.82) is 0 Å². The second kappa shape index (κ2) is 18.1. The fourth-order valence-corrected chi connectivity index (χ4v) is 4.61. The molecule has 0 aliphatic rings. The van der Waals surface area contributed by atoms with Crippen molar-refractivity contribution in [3.05, 3.63) is 48.9 Å². The largest absolute Gasteiger partial charge is 1.00 e. The van der Waals surface area contributed by atoms with Crippen molar-refractivity contribution in [2.24, 2.45) is 0 Å². The molecule has 0 bridgehead atoms. The predicted molar refractivity (Wildman–Crippen MR) is 130 cm³/mol. The number of benzene rings is 2. The van der Waals surface area contributed by atoms with E-state index in [9.17, 15) is 13.0 Å². The smallest absolute Gasteiger partial charge is 0.343 e. The molecular formula is C26H41NaO3S. The van der Waals surface area contributed by atoms with E-state index in [2.05, 4.69) is 13.8 Å². The zero-order valence-corrected chi connectivity index (χ0v) is 22.9. The van der Waals surface area contributed by atoms with E-state index in [0.29, 0.717) is 17.4 Å². The number of hydrogen-bond donors (Lipinski definition) is 1. The first-order valence-electron chi connectivity index (χ1n) is 11.7. The van der Waals surface area contributed by atoms with Crippen LogP contribution in [0.4, 0.5) is 0 Å². The van der Waals surface area contributed by atoms with Gasteiger partial charge in [0, 0.05) is 5.39 Å². The van der Waals surface area contributed by atoms with Gasteiger partial charge in [-0.25, -0.2) is 0 Å². The molecule has 170 valence electrons. The topological polar surface area (TPSA) is 54.4 Å². The van der Waals surface area contributed by atoms with Crippen LogP contribution in [-0.2, 0) is 16.5 Å². The van der Waals surface area contributed by atoms with E-state index < -0.39 is 10.1 Å². The summed E-state index contributed by atoms with van der Waals surface area (Å²) in [4.78, 5) is 0.0639. The fourth-order valence-electron chi connectivity index (χ4n) is 3.64. The molecule has 1 N–H and O–H groups in total. The molecule has 2 aromatic carbocycles. The molecule has 2 aromatic rings. The molecule has 0 aliphatic carbocycles. The molecule has 0 amide bonds. The van der Waals surface area contributed by atoms with Crippen LogP contribution < -0.4 is 29.6 Å². The zero-order chi connectivity index (χ0) is 22.2. The van der Waals surface area contributed by atoms with Crippen LogP contribution in [-0.4, -0.2) is 13.0 Å². The van der Waals surface area contributed by atoms with Crippen molar-refractivity contribution in [3.63, 3.8) is 0 Å². The van der Waals surface area contributed by atoms with E-state index in [-0.39, 0.29) is 34.5 Å². The average molecular weight is 457 g/mol. The number of fused-ring (bicyclic) bond motifs is 1. The zero-order valence-electron chi connectivity index (χ0n) is 20.0. The van der Waals surface area contributed by atoms with Gasteiger partial charge in [0.2, 0.25) is 0 Å². The molecule has 0 saturated carbocycles. The minimum Gasteiger partial charge on any atom is -0.343 e. The maximum atomic E-state index is 11.6. The van der Waals surface area contributed by atoms with E-state index in [1.54, 1.807) is 18.2 Å². The number of unbranched alkanes of at least 4 members (excludes halogenated alkanes) is 10. The Morgan fingerprint density at radius 3 is 1.87 bits per heavy atom. The number of hydrogen-bond acceptors (Lipinski definition) is 2. The van der Waals surface area contributed by atoms with Gasteiger partial charge < -0.3 is 6.92 Å². The Kier molecular flexibility index (Phi) is 17.9. The van der Waals surface area contributed by atoms with Crippen molar-refractivity contribution in [1.82, 2.24) is 0 Å². The van der Waals surface area contributed by atoms with E-state index in [0.717, 1.165) is 24.6 Å². The van der Waals surface area contributed by atoms with Crippen LogP contribution in [0.2, 0.25) is 0 Å². The molecule has 3 nitrogen and oxygen atoms in total. The fraction of sp³-hybridized carbons (Fsp3) is 0.577. The van der Waals surface area contributed by atoms with Gasteiger partial charge in [0.25, 0.3) is 10.1 Å². The van der Waals surface area contributed by atoms with Crippen LogP contribution in [0.25, 0.3) is 10.8 Å². The Labute approximate surface area is 213 Å². The van der Waals surface area contributed by atoms with E-state index >= 15 is 0 Å². The van der Waals surface area contributed by atoms with Gasteiger partial charge in [-0.1, -0.05) is 114 Å². The normalized spacial score (nSPS) is 11.0. The van der Waals surface area contributed by atoms with Gasteiger partial charge in [0.05, 0.1) is 0 Å². The third-order valence-electron chi connectivity index (χ3n) is 5.37. The molecule has 2 rings (SSSR count). The summed E-state index contributed by atoms with van der Waals surface area (Å²) in [6, 6.07) is 10.9. The first-order chi connectivity index (χ1) is 14.5. The molecule has 0 atom stereocenters. The minimum atomic E-state index is -4.19. The molecule has 0 heterocycles. The Bertz CT molecular complexity index is 809. The molecule has 0 unspecified atom stereocenters. The van der Waals surface area contributed by atoms with Gasteiger partial charge in [-0.2, -0.15) is 14.8 Å². The third kappa shape index (κ3) is 12.4. The maximum Gasteiger partial charge on any atom is 1.00 e. The summed E-state index contributed by atoms with van der Waals surface area (Å²) in [7, 11) is -4.19. The molecule has 0 radical (unpaired) electrons.